The molecule has 11 heavy (non-hydrogen) atoms. The number of ether oxygens (including phenoxy) is 1. The molecule has 1 aliphatic heterocycles. The molecule has 3 heteroatoms. The standard InChI is InChI=1S/C8H17NO2/c1-2-9-5-8(10)7-3-4-11-6-7/h7-10H,2-6H2,1H3. The van der Waals surface area contributed by atoms with Gasteiger partial charge in [0.05, 0.1) is 12.7 Å². The van der Waals surface area contributed by atoms with Gasteiger partial charge >= 0.3 is 0 Å². The van der Waals surface area contributed by atoms with Crippen LogP contribution in [0.25, 0.3) is 0 Å². The zero-order valence-corrected chi connectivity index (χ0v) is 7.05. The van der Waals surface area contributed by atoms with Crippen LogP contribution in [0.15, 0.2) is 0 Å². The second-order valence-electron chi connectivity index (χ2n) is 3.00. The van der Waals surface area contributed by atoms with Crippen molar-refractivity contribution in [3.63, 3.8) is 0 Å². The first-order valence-corrected chi connectivity index (χ1v) is 4.31. The van der Waals surface area contributed by atoms with E-state index in [0.29, 0.717) is 12.5 Å². The molecule has 1 saturated heterocycles. The van der Waals surface area contributed by atoms with Crippen molar-refractivity contribution in [2.75, 3.05) is 26.3 Å². The Hall–Kier alpha value is -0.120. The van der Waals surface area contributed by atoms with Gasteiger partial charge in [-0.05, 0) is 13.0 Å². The lowest BCUT2D eigenvalue weighted by atomic mass is 10.0. The lowest BCUT2D eigenvalue weighted by Gasteiger charge is -2.15. The fourth-order valence-electron chi connectivity index (χ4n) is 1.32. The molecule has 2 N–H and O–H groups in total. The molecule has 66 valence electrons. The molecule has 1 heterocycles. The van der Waals surface area contributed by atoms with Gasteiger partial charge in [0.2, 0.25) is 0 Å². The van der Waals surface area contributed by atoms with E-state index in [-0.39, 0.29) is 6.10 Å². The predicted octanol–water partition coefficient (Wildman–Crippen LogP) is -0.00670. The molecule has 1 rings (SSSR count). The molecule has 0 aromatic rings. The SMILES string of the molecule is CCNCC(O)C1CCOC1. The minimum atomic E-state index is -0.225. The molecule has 3 nitrogen and oxygen atoms in total. The van der Waals surface area contributed by atoms with Crippen LogP contribution in [-0.2, 0) is 4.74 Å². The first kappa shape index (κ1) is 8.97. The van der Waals surface area contributed by atoms with E-state index in [1.54, 1.807) is 0 Å². The fourth-order valence-corrected chi connectivity index (χ4v) is 1.32. The van der Waals surface area contributed by atoms with E-state index in [1.165, 1.54) is 0 Å². The van der Waals surface area contributed by atoms with Gasteiger partial charge in [-0.1, -0.05) is 6.92 Å². The summed E-state index contributed by atoms with van der Waals surface area (Å²) in [5, 5.41) is 12.7. The Morgan fingerprint density at radius 3 is 3.09 bits per heavy atom. The Kier molecular flexibility index (Phi) is 3.83. The molecule has 1 aliphatic rings. The minimum absolute atomic E-state index is 0.225. The summed E-state index contributed by atoms with van der Waals surface area (Å²) in [5.41, 5.74) is 0. The molecule has 0 aromatic carbocycles. The summed E-state index contributed by atoms with van der Waals surface area (Å²) in [7, 11) is 0. The van der Waals surface area contributed by atoms with Gasteiger partial charge in [0.1, 0.15) is 0 Å². The van der Waals surface area contributed by atoms with E-state index in [9.17, 15) is 5.11 Å². The van der Waals surface area contributed by atoms with Gasteiger partial charge in [-0.3, -0.25) is 0 Å². The largest absolute Gasteiger partial charge is 0.391 e. The Morgan fingerprint density at radius 2 is 2.55 bits per heavy atom. The maximum atomic E-state index is 9.54. The van der Waals surface area contributed by atoms with Gasteiger partial charge in [0.25, 0.3) is 0 Å². The number of nitrogens with one attached hydrogen (secondary N) is 1. The van der Waals surface area contributed by atoms with E-state index < -0.39 is 0 Å². The summed E-state index contributed by atoms with van der Waals surface area (Å²) < 4.78 is 5.17. The third-order valence-corrected chi connectivity index (χ3v) is 2.11. The second kappa shape index (κ2) is 4.70. The van der Waals surface area contributed by atoms with Crippen molar-refractivity contribution in [3.8, 4) is 0 Å². The molecule has 0 bridgehead atoms. The van der Waals surface area contributed by atoms with Crippen molar-refractivity contribution in [1.29, 1.82) is 0 Å². The number of likely N-dealkylation sites (N-methyl/N-ethyl adjacent to an activating group) is 1. The lowest BCUT2D eigenvalue weighted by Crippen LogP contribution is -2.32. The summed E-state index contributed by atoms with van der Waals surface area (Å²) in [6.07, 6.45) is 0.782. The van der Waals surface area contributed by atoms with Crippen LogP contribution < -0.4 is 5.32 Å². The summed E-state index contributed by atoms with van der Waals surface area (Å²) in [4.78, 5) is 0. The molecule has 0 saturated carbocycles. The molecular formula is C8H17NO2. The molecule has 0 radical (unpaired) electrons. The highest BCUT2D eigenvalue weighted by Crippen LogP contribution is 2.15. The number of rotatable bonds is 4. The van der Waals surface area contributed by atoms with Crippen LogP contribution in [0.1, 0.15) is 13.3 Å². The van der Waals surface area contributed by atoms with E-state index >= 15 is 0 Å². The molecule has 0 aliphatic carbocycles. The Bertz CT molecular complexity index is 102. The zero-order valence-electron chi connectivity index (χ0n) is 7.05. The smallest absolute Gasteiger partial charge is 0.0715 e. The Balaban J connectivity index is 2.12. The maximum absolute atomic E-state index is 9.54. The van der Waals surface area contributed by atoms with Crippen molar-refractivity contribution in [1.82, 2.24) is 5.32 Å². The van der Waals surface area contributed by atoms with Crippen molar-refractivity contribution in [2.24, 2.45) is 5.92 Å². The van der Waals surface area contributed by atoms with E-state index in [0.717, 1.165) is 26.2 Å². The van der Waals surface area contributed by atoms with Crippen LogP contribution >= 0.6 is 0 Å². The quantitative estimate of drug-likeness (QED) is 0.606. The Labute approximate surface area is 67.7 Å². The van der Waals surface area contributed by atoms with Gasteiger partial charge in [-0.2, -0.15) is 0 Å². The molecule has 0 aromatic heterocycles. The molecule has 2 unspecified atom stereocenters. The van der Waals surface area contributed by atoms with E-state index in [2.05, 4.69) is 5.32 Å². The third-order valence-electron chi connectivity index (χ3n) is 2.11. The number of hydrogen-bond acceptors (Lipinski definition) is 3. The first-order chi connectivity index (χ1) is 5.34. The van der Waals surface area contributed by atoms with Gasteiger partial charge in [-0.25, -0.2) is 0 Å². The monoisotopic (exact) mass is 159 g/mol. The highest BCUT2D eigenvalue weighted by Gasteiger charge is 2.22. The molecular weight excluding hydrogens is 142 g/mol. The van der Waals surface area contributed by atoms with Crippen molar-refractivity contribution < 1.29 is 9.84 Å². The van der Waals surface area contributed by atoms with E-state index in [4.69, 9.17) is 4.74 Å². The number of hydrogen-bond donors (Lipinski definition) is 2. The zero-order chi connectivity index (χ0) is 8.10. The highest BCUT2D eigenvalue weighted by atomic mass is 16.5. The van der Waals surface area contributed by atoms with Crippen molar-refractivity contribution in [3.05, 3.63) is 0 Å². The fraction of sp³-hybridized carbons (Fsp3) is 1.00. The molecule has 0 amide bonds. The molecule has 2 atom stereocenters. The number of aliphatic hydroxyl groups excluding tert-OH is 1. The van der Waals surface area contributed by atoms with E-state index in [1.807, 2.05) is 6.92 Å². The summed E-state index contributed by atoms with van der Waals surface area (Å²) in [6, 6.07) is 0. The van der Waals surface area contributed by atoms with Gasteiger partial charge < -0.3 is 15.2 Å². The second-order valence-corrected chi connectivity index (χ2v) is 3.00. The Morgan fingerprint density at radius 1 is 1.73 bits per heavy atom. The average molecular weight is 159 g/mol. The van der Waals surface area contributed by atoms with Crippen LogP contribution in [0, 0.1) is 5.92 Å². The van der Waals surface area contributed by atoms with Gasteiger partial charge in [0.15, 0.2) is 0 Å². The first-order valence-electron chi connectivity index (χ1n) is 4.31. The van der Waals surface area contributed by atoms with Crippen LogP contribution in [0.5, 0.6) is 0 Å². The van der Waals surface area contributed by atoms with Gasteiger partial charge in [0, 0.05) is 19.1 Å². The lowest BCUT2D eigenvalue weighted by molar-refractivity contribution is 0.0913. The predicted molar refractivity (Wildman–Crippen MR) is 43.5 cm³/mol. The normalized spacial score (nSPS) is 27.3. The molecule has 0 spiro atoms. The summed E-state index contributed by atoms with van der Waals surface area (Å²) >= 11 is 0. The molecule has 1 fully saturated rings. The third kappa shape index (κ3) is 2.77. The van der Waals surface area contributed by atoms with Crippen LogP contribution in [0.4, 0.5) is 0 Å². The van der Waals surface area contributed by atoms with Crippen molar-refractivity contribution in [2.45, 2.75) is 19.4 Å². The summed E-state index contributed by atoms with van der Waals surface area (Å²) in [5.74, 6) is 0.356. The van der Waals surface area contributed by atoms with Crippen LogP contribution in [-0.4, -0.2) is 37.5 Å². The van der Waals surface area contributed by atoms with Gasteiger partial charge in [-0.15, -0.1) is 0 Å². The van der Waals surface area contributed by atoms with Crippen LogP contribution in [0.3, 0.4) is 0 Å². The highest BCUT2D eigenvalue weighted by molar-refractivity contribution is 4.73. The topological polar surface area (TPSA) is 41.5 Å². The average Bonchev–Trinajstić information content (AvgIpc) is 2.52. The minimum Gasteiger partial charge on any atom is -0.391 e. The van der Waals surface area contributed by atoms with Crippen molar-refractivity contribution >= 4 is 0 Å². The maximum Gasteiger partial charge on any atom is 0.0715 e. The van der Waals surface area contributed by atoms with Crippen LogP contribution in [0.2, 0.25) is 0 Å². The number of aliphatic hydroxyl groups is 1. The summed E-state index contributed by atoms with van der Waals surface area (Å²) in [6.45, 7) is 5.20.